The van der Waals surface area contributed by atoms with Gasteiger partial charge in [-0.05, 0) is 36.5 Å². The van der Waals surface area contributed by atoms with Crippen molar-refractivity contribution in [3.8, 4) is 11.9 Å². The van der Waals surface area contributed by atoms with Gasteiger partial charge in [-0.25, -0.2) is 0 Å². The number of likely N-dealkylation sites (tertiary alicyclic amines) is 1. The third-order valence-electron chi connectivity index (χ3n) is 4.37. The van der Waals surface area contributed by atoms with Crippen molar-refractivity contribution >= 4 is 5.69 Å². The molecule has 1 aliphatic heterocycles. The van der Waals surface area contributed by atoms with Crippen LogP contribution >= 0.6 is 0 Å². The van der Waals surface area contributed by atoms with Gasteiger partial charge < -0.3 is 15.4 Å². The van der Waals surface area contributed by atoms with Crippen LogP contribution in [0, 0.1) is 11.5 Å². The Balaban J connectivity index is 1.71. The molecule has 1 aromatic carbocycles. The summed E-state index contributed by atoms with van der Waals surface area (Å²) in [5, 5.41) is 8.88. The maximum absolute atomic E-state index is 8.88. The molecule has 1 saturated carbocycles. The zero-order chi connectivity index (χ0) is 13.9. The molecule has 0 aromatic heterocycles. The van der Waals surface area contributed by atoms with E-state index >= 15 is 0 Å². The fraction of sp³-hybridized carbons (Fsp3) is 0.562. The number of rotatable bonds is 3. The van der Waals surface area contributed by atoms with Crippen LogP contribution in [0.1, 0.15) is 43.6 Å². The lowest BCUT2D eigenvalue weighted by Crippen LogP contribution is -2.21. The smallest absolute Gasteiger partial charge is 0.179 e. The lowest BCUT2D eigenvalue weighted by atomic mass is 9.97. The van der Waals surface area contributed by atoms with Crippen molar-refractivity contribution in [3.05, 3.63) is 23.8 Å². The highest BCUT2D eigenvalue weighted by atomic mass is 16.5. The molecule has 0 amide bonds. The molecule has 4 heteroatoms. The monoisotopic (exact) mass is 271 g/mol. The predicted octanol–water partition coefficient (Wildman–Crippen LogP) is 2.86. The van der Waals surface area contributed by atoms with Crippen LogP contribution < -0.4 is 10.5 Å². The van der Waals surface area contributed by atoms with E-state index in [9.17, 15) is 0 Å². The lowest BCUT2D eigenvalue weighted by Gasteiger charge is -2.17. The summed E-state index contributed by atoms with van der Waals surface area (Å²) in [4.78, 5) is 1.74. The second kappa shape index (κ2) is 5.62. The standard InChI is InChI=1S/C16H21N3O/c17-11-19-6-5-15(10-19)20-16-8-13(7-14(18)9-16)12-3-1-2-4-12/h7-9,12,15H,1-6,10,18H2. The highest BCUT2D eigenvalue weighted by Gasteiger charge is 2.24. The van der Waals surface area contributed by atoms with Crippen LogP contribution in [-0.2, 0) is 0 Å². The fourth-order valence-electron chi connectivity index (χ4n) is 3.32. The molecule has 2 N–H and O–H groups in total. The number of benzene rings is 1. The summed E-state index contributed by atoms with van der Waals surface area (Å²) in [6.45, 7) is 1.48. The Kier molecular flexibility index (Phi) is 3.68. The number of nitrogens with zero attached hydrogens (tertiary/aromatic N) is 2. The van der Waals surface area contributed by atoms with Crippen molar-refractivity contribution in [2.45, 2.75) is 44.1 Å². The third-order valence-corrected chi connectivity index (χ3v) is 4.37. The highest BCUT2D eigenvalue weighted by Crippen LogP contribution is 2.36. The van der Waals surface area contributed by atoms with Gasteiger partial charge in [-0.3, -0.25) is 0 Å². The second-order valence-electron chi connectivity index (χ2n) is 5.89. The van der Waals surface area contributed by atoms with Crippen molar-refractivity contribution < 1.29 is 4.74 Å². The Bertz CT molecular complexity index is 517. The summed E-state index contributed by atoms with van der Waals surface area (Å²) in [7, 11) is 0. The van der Waals surface area contributed by atoms with Crippen LogP contribution in [0.4, 0.5) is 5.69 Å². The van der Waals surface area contributed by atoms with Crippen molar-refractivity contribution in [2.24, 2.45) is 0 Å². The Hall–Kier alpha value is -1.89. The van der Waals surface area contributed by atoms with E-state index < -0.39 is 0 Å². The van der Waals surface area contributed by atoms with Crippen LogP contribution in [0.15, 0.2) is 18.2 Å². The first kappa shape index (κ1) is 13.1. The summed E-state index contributed by atoms with van der Waals surface area (Å²) in [6, 6.07) is 6.12. The third kappa shape index (κ3) is 2.82. The van der Waals surface area contributed by atoms with E-state index in [0.717, 1.165) is 24.4 Å². The molecule has 2 aliphatic rings. The summed E-state index contributed by atoms with van der Waals surface area (Å²) in [5.41, 5.74) is 8.10. The van der Waals surface area contributed by atoms with E-state index in [-0.39, 0.29) is 6.10 Å². The molecule has 1 aromatic rings. The van der Waals surface area contributed by atoms with E-state index in [1.54, 1.807) is 4.90 Å². The van der Waals surface area contributed by atoms with Crippen molar-refractivity contribution in [2.75, 3.05) is 18.8 Å². The molecule has 106 valence electrons. The van der Waals surface area contributed by atoms with Gasteiger partial charge in [0.2, 0.25) is 0 Å². The molecule has 0 spiro atoms. The van der Waals surface area contributed by atoms with Gasteiger partial charge in [-0.15, -0.1) is 0 Å². The first-order valence-electron chi connectivity index (χ1n) is 7.46. The van der Waals surface area contributed by atoms with E-state index in [1.165, 1.54) is 31.2 Å². The Labute approximate surface area is 120 Å². The van der Waals surface area contributed by atoms with Crippen LogP contribution in [0.3, 0.4) is 0 Å². The van der Waals surface area contributed by atoms with Crippen LogP contribution in [0.5, 0.6) is 5.75 Å². The molecule has 1 saturated heterocycles. The van der Waals surface area contributed by atoms with Crippen molar-refractivity contribution in [1.82, 2.24) is 4.90 Å². The molecule has 4 nitrogen and oxygen atoms in total. The number of nitrogen functional groups attached to an aromatic ring is 1. The number of nitrogens with two attached hydrogens (primary N) is 1. The maximum Gasteiger partial charge on any atom is 0.179 e. The minimum Gasteiger partial charge on any atom is -0.488 e. The molecule has 1 heterocycles. The topological polar surface area (TPSA) is 62.3 Å². The quantitative estimate of drug-likeness (QED) is 0.678. The number of nitriles is 1. The first-order chi connectivity index (χ1) is 9.74. The lowest BCUT2D eigenvalue weighted by molar-refractivity contribution is 0.213. The summed E-state index contributed by atoms with van der Waals surface area (Å²) in [5.74, 6) is 1.50. The van der Waals surface area contributed by atoms with Gasteiger partial charge in [0.1, 0.15) is 11.9 Å². The Morgan fingerprint density at radius 3 is 2.70 bits per heavy atom. The normalized spacial score (nSPS) is 22.9. The van der Waals surface area contributed by atoms with Gasteiger partial charge >= 0.3 is 0 Å². The first-order valence-corrected chi connectivity index (χ1v) is 7.46. The van der Waals surface area contributed by atoms with Gasteiger partial charge in [0.25, 0.3) is 0 Å². The van der Waals surface area contributed by atoms with Crippen LogP contribution in [-0.4, -0.2) is 24.1 Å². The molecular weight excluding hydrogens is 250 g/mol. The summed E-state index contributed by atoms with van der Waals surface area (Å²) >= 11 is 0. The average Bonchev–Trinajstić information content (AvgIpc) is 3.09. The van der Waals surface area contributed by atoms with Crippen LogP contribution in [0.25, 0.3) is 0 Å². The Morgan fingerprint density at radius 1 is 1.20 bits per heavy atom. The van der Waals surface area contributed by atoms with Gasteiger partial charge in [0.15, 0.2) is 6.19 Å². The molecule has 0 radical (unpaired) electrons. The number of hydrogen-bond donors (Lipinski definition) is 1. The van der Waals surface area contributed by atoms with Crippen molar-refractivity contribution in [1.29, 1.82) is 5.26 Å². The second-order valence-corrected chi connectivity index (χ2v) is 5.89. The van der Waals surface area contributed by atoms with Crippen LogP contribution in [0.2, 0.25) is 0 Å². The number of anilines is 1. The van der Waals surface area contributed by atoms with Gasteiger partial charge in [-0.2, -0.15) is 5.26 Å². The number of ether oxygens (including phenoxy) is 1. The van der Waals surface area contributed by atoms with Crippen molar-refractivity contribution in [3.63, 3.8) is 0 Å². The van der Waals surface area contributed by atoms with E-state index in [2.05, 4.69) is 18.3 Å². The zero-order valence-electron chi connectivity index (χ0n) is 11.7. The van der Waals surface area contributed by atoms with E-state index in [0.29, 0.717) is 12.5 Å². The molecule has 1 aliphatic carbocycles. The minimum atomic E-state index is 0.105. The zero-order valence-corrected chi connectivity index (χ0v) is 11.7. The summed E-state index contributed by atoms with van der Waals surface area (Å²) in [6.07, 6.45) is 8.33. The fourth-order valence-corrected chi connectivity index (χ4v) is 3.32. The molecule has 2 fully saturated rings. The van der Waals surface area contributed by atoms with Gasteiger partial charge in [0, 0.05) is 24.7 Å². The number of hydrogen-bond acceptors (Lipinski definition) is 4. The average molecular weight is 271 g/mol. The molecular formula is C16H21N3O. The molecule has 3 rings (SSSR count). The molecule has 0 bridgehead atoms. The van der Waals surface area contributed by atoms with Gasteiger partial charge in [-0.1, -0.05) is 12.8 Å². The SMILES string of the molecule is N#CN1CCC(Oc2cc(N)cc(C3CCCC3)c2)C1. The summed E-state index contributed by atoms with van der Waals surface area (Å²) < 4.78 is 6.02. The highest BCUT2D eigenvalue weighted by molar-refractivity contribution is 5.48. The molecule has 1 unspecified atom stereocenters. The molecule has 1 atom stereocenters. The Morgan fingerprint density at radius 2 is 2.00 bits per heavy atom. The largest absolute Gasteiger partial charge is 0.488 e. The van der Waals surface area contributed by atoms with E-state index in [4.69, 9.17) is 15.7 Å². The minimum absolute atomic E-state index is 0.105. The van der Waals surface area contributed by atoms with Gasteiger partial charge in [0.05, 0.1) is 6.54 Å². The molecule has 20 heavy (non-hydrogen) atoms. The predicted molar refractivity (Wildman–Crippen MR) is 78.3 cm³/mol. The maximum atomic E-state index is 8.88. The van der Waals surface area contributed by atoms with E-state index in [1.807, 2.05) is 6.07 Å².